The number of halogens is 1. The Kier molecular flexibility index (Phi) is 9.46. The van der Waals surface area contributed by atoms with Crippen LogP contribution in [-0.4, -0.2) is 35.4 Å². The SMILES string of the molecule is Cc1cc(C)c(C)c(OCC(=O)N(Cc2ccc(Cl)cc2)C(Cc2ccccc2)C(=O)NC2CCCC2)c1. The zero-order valence-electron chi connectivity index (χ0n) is 22.5. The molecule has 5 nitrogen and oxygen atoms in total. The predicted molar refractivity (Wildman–Crippen MR) is 152 cm³/mol. The van der Waals surface area contributed by atoms with Crippen molar-refractivity contribution in [1.29, 1.82) is 0 Å². The Labute approximate surface area is 231 Å². The van der Waals surface area contributed by atoms with Gasteiger partial charge in [0.25, 0.3) is 5.91 Å². The van der Waals surface area contributed by atoms with Gasteiger partial charge in [-0.25, -0.2) is 0 Å². The second-order valence-electron chi connectivity index (χ2n) is 10.3. The Morgan fingerprint density at radius 3 is 2.34 bits per heavy atom. The number of benzene rings is 3. The molecular formula is C32H37ClN2O3. The van der Waals surface area contributed by atoms with E-state index in [4.69, 9.17) is 16.3 Å². The van der Waals surface area contributed by atoms with Crippen molar-refractivity contribution in [1.82, 2.24) is 10.2 Å². The van der Waals surface area contributed by atoms with Gasteiger partial charge >= 0.3 is 0 Å². The fourth-order valence-corrected chi connectivity index (χ4v) is 5.21. The Morgan fingerprint density at radius 1 is 0.974 bits per heavy atom. The zero-order chi connectivity index (χ0) is 27.1. The molecule has 3 aromatic rings. The minimum atomic E-state index is -0.676. The Bertz CT molecular complexity index is 1240. The topological polar surface area (TPSA) is 58.6 Å². The summed E-state index contributed by atoms with van der Waals surface area (Å²) >= 11 is 6.12. The van der Waals surface area contributed by atoms with E-state index in [2.05, 4.69) is 11.4 Å². The first-order valence-electron chi connectivity index (χ1n) is 13.4. The number of ether oxygens (including phenoxy) is 1. The number of carbonyl (C=O) groups excluding carboxylic acids is 2. The Hall–Kier alpha value is -3.31. The van der Waals surface area contributed by atoms with Gasteiger partial charge < -0.3 is 15.0 Å². The molecule has 1 atom stereocenters. The summed E-state index contributed by atoms with van der Waals surface area (Å²) in [5.74, 6) is 0.337. The molecule has 0 aliphatic heterocycles. The molecule has 200 valence electrons. The van der Waals surface area contributed by atoms with Gasteiger partial charge in [-0.15, -0.1) is 0 Å². The van der Waals surface area contributed by atoms with Crippen LogP contribution in [0.2, 0.25) is 5.02 Å². The van der Waals surface area contributed by atoms with Crippen molar-refractivity contribution in [3.8, 4) is 5.75 Å². The Balaban J connectivity index is 1.63. The molecule has 1 aliphatic carbocycles. The van der Waals surface area contributed by atoms with E-state index < -0.39 is 6.04 Å². The van der Waals surface area contributed by atoms with Crippen LogP contribution < -0.4 is 10.1 Å². The normalized spacial score (nSPS) is 14.2. The molecule has 1 saturated carbocycles. The van der Waals surface area contributed by atoms with Crippen molar-refractivity contribution in [2.24, 2.45) is 0 Å². The number of rotatable bonds is 10. The molecule has 0 radical (unpaired) electrons. The molecule has 1 aliphatic rings. The first kappa shape index (κ1) is 27.7. The van der Waals surface area contributed by atoms with Gasteiger partial charge in [0.1, 0.15) is 11.8 Å². The number of nitrogens with zero attached hydrogens (tertiary/aromatic N) is 1. The average molecular weight is 533 g/mol. The van der Waals surface area contributed by atoms with Gasteiger partial charge in [-0.2, -0.15) is 0 Å². The van der Waals surface area contributed by atoms with E-state index in [0.29, 0.717) is 17.2 Å². The van der Waals surface area contributed by atoms with E-state index in [0.717, 1.165) is 53.5 Å². The summed E-state index contributed by atoms with van der Waals surface area (Å²) in [4.78, 5) is 29.2. The van der Waals surface area contributed by atoms with Crippen LogP contribution in [0.5, 0.6) is 5.75 Å². The summed E-state index contributed by atoms with van der Waals surface area (Å²) in [5, 5.41) is 3.86. The van der Waals surface area contributed by atoms with Gasteiger partial charge in [-0.05, 0) is 79.6 Å². The highest BCUT2D eigenvalue weighted by Gasteiger charge is 2.32. The number of aryl methyl sites for hydroxylation is 2. The maximum absolute atomic E-state index is 13.8. The van der Waals surface area contributed by atoms with E-state index in [9.17, 15) is 9.59 Å². The lowest BCUT2D eigenvalue weighted by molar-refractivity contribution is -0.143. The third kappa shape index (κ3) is 7.38. The van der Waals surface area contributed by atoms with Crippen LogP contribution in [0.3, 0.4) is 0 Å². The molecule has 0 aromatic heterocycles. The molecule has 0 heterocycles. The fourth-order valence-electron chi connectivity index (χ4n) is 5.08. The largest absolute Gasteiger partial charge is 0.483 e. The molecule has 0 spiro atoms. The second kappa shape index (κ2) is 13.0. The third-order valence-electron chi connectivity index (χ3n) is 7.35. The molecular weight excluding hydrogens is 496 g/mol. The first-order valence-corrected chi connectivity index (χ1v) is 13.8. The maximum atomic E-state index is 13.8. The van der Waals surface area contributed by atoms with Crippen molar-refractivity contribution in [2.45, 2.75) is 71.5 Å². The van der Waals surface area contributed by atoms with E-state index in [1.165, 1.54) is 0 Å². The first-order chi connectivity index (χ1) is 18.3. The van der Waals surface area contributed by atoms with E-state index in [1.54, 1.807) is 17.0 Å². The van der Waals surface area contributed by atoms with Gasteiger partial charge in [-0.1, -0.05) is 73.0 Å². The fraction of sp³-hybridized carbons (Fsp3) is 0.375. The second-order valence-corrected chi connectivity index (χ2v) is 10.8. The molecule has 1 unspecified atom stereocenters. The number of hydrogen-bond donors (Lipinski definition) is 1. The van der Waals surface area contributed by atoms with Crippen molar-refractivity contribution >= 4 is 23.4 Å². The number of amides is 2. The molecule has 3 aromatic carbocycles. The van der Waals surface area contributed by atoms with Gasteiger partial charge in [0.15, 0.2) is 6.61 Å². The van der Waals surface area contributed by atoms with Crippen LogP contribution >= 0.6 is 11.6 Å². The molecule has 0 saturated heterocycles. The van der Waals surface area contributed by atoms with Gasteiger partial charge in [-0.3, -0.25) is 9.59 Å². The highest BCUT2D eigenvalue weighted by Crippen LogP contribution is 2.24. The smallest absolute Gasteiger partial charge is 0.261 e. The van der Waals surface area contributed by atoms with Crippen LogP contribution in [0.15, 0.2) is 66.7 Å². The summed E-state index contributed by atoms with van der Waals surface area (Å²) in [6.07, 6.45) is 4.60. The summed E-state index contributed by atoms with van der Waals surface area (Å²) in [6.45, 7) is 6.16. The van der Waals surface area contributed by atoms with Gasteiger partial charge in [0.05, 0.1) is 0 Å². The highest BCUT2D eigenvalue weighted by atomic mass is 35.5. The van der Waals surface area contributed by atoms with Crippen LogP contribution in [0.25, 0.3) is 0 Å². The van der Waals surface area contributed by atoms with E-state index in [-0.39, 0.29) is 31.0 Å². The standard InChI is InChI=1S/C32H37ClN2O3/c1-22-17-23(2)24(3)30(18-22)38-21-31(36)35(20-26-13-15-27(33)16-14-26)29(19-25-9-5-4-6-10-25)32(37)34-28-11-7-8-12-28/h4-6,9-10,13-18,28-29H,7-8,11-12,19-21H2,1-3H3,(H,34,37). The highest BCUT2D eigenvalue weighted by molar-refractivity contribution is 6.30. The van der Waals surface area contributed by atoms with Crippen molar-refractivity contribution in [3.63, 3.8) is 0 Å². The molecule has 2 amide bonds. The van der Waals surface area contributed by atoms with Crippen LogP contribution in [0.1, 0.15) is 53.5 Å². The summed E-state index contributed by atoms with van der Waals surface area (Å²) < 4.78 is 6.07. The Morgan fingerprint density at radius 2 is 1.66 bits per heavy atom. The van der Waals surface area contributed by atoms with Crippen molar-refractivity contribution in [3.05, 3.63) is 99.6 Å². The van der Waals surface area contributed by atoms with Crippen LogP contribution in [0, 0.1) is 20.8 Å². The molecule has 6 heteroatoms. The molecule has 4 rings (SSSR count). The third-order valence-corrected chi connectivity index (χ3v) is 7.61. The van der Waals surface area contributed by atoms with Gasteiger partial charge in [0.2, 0.25) is 5.91 Å². The molecule has 0 bridgehead atoms. The monoisotopic (exact) mass is 532 g/mol. The molecule has 1 fully saturated rings. The lowest BCUT2D eigenvalue weighted by Gasteiger charge is -2.32. The molecule has 38 heavy (non-hydrogen) atoms. The number of hydrogen-bond acceptors (Lipinski definition) is 3. The average Bonchev–Trinajstić information content (AvgIpc) is 3.42. The van der Waals surface area contributed by atoms with E-state index >= 15 is 0 Å². The van der Waals surface area contributed by atoms with Crippen LogP contribution in [-0.2, 0) is 22.6 Å². The minimum absolute atomic E-state index is 0.120. The van der Waals surface area contributed by atoms with Crippen LogP contribution in [0.4, 0.5) is 0 Å². The quantitative estimate of drug-likeness (QED) is 0.331. The van der Waals surface area contributed by atoms with Crippen molar-refractivity contribution in [2.75, 3.05) is 6.61 Å². The zero-order valence-corrected chi connectivity index (χ0v) is 23.3. The lowest BCUT2D eigenvalue weighted by atomic mass is 10.0. The molecule has 1 N–H and O–H groups in total. The minimum Gasteiger partial charge on any atom is -0.483 e. The maximum Gasteiger partial charge on any atom is 0.261 e. The summed E-state index contributed by atoms with van der Waals surface area (Å²) in [6, 6.07) is 20.8. The number of carbonyl (C=O) groups is 2. The lowest BCUT2D eigenvalue weighted by Crippen LogP contribution is -2.53. The summed E-state index contributed by atoms with van der Waals surface area (Å²) in [5.41, 5.74) is 5.10. The van der Waals surface area contributed by atoms with Gasteiger partial charge in [0, 0.05) is 24.0 Å². The summed E-state index contributed by atoms with van der Waals surface area (Å²) in [7, 11) is 0. The van der Waals surface area contributed by atoms with Crippen molar-refractivity contribution < 1.29 is 14.3 Å². The van der Waals surface area contributed by atoms with E-state index in [1.807, 2.05) is 69.3 Å². The predicted octanol–water partition coefficient (Wildman–Crippen LogP) is 6.34. The number of nitrogens with one attached hydrogen (secondary N) is 1.